The van der Waals surface area contributed by atoms with Crippen molar-refractivity contribution in [1.29, 1.82) is 5.26 Å². The third-order valence-electron chi connectivity index (χ3n) is 4.05. The van der Waals surface area contributed by atoms with Crippen molar-refractivity contribution in [3.8, 4) is 6.07 Å². The Labute approximate surface area is 126 Å². The van der Waals surface area contributed by atoms with Crippen LogP contribution in [0.25, 0.3) is 0 Å². The van der Waals surface area contributed by atoms with E-state index in [1.807, 2.05) is 0 Å². The Bertz CT molecular complexity index is 641. The van der Waals surface area contributed by atoms with Gasteiger partial charge in [-0.2, -0.15) is 9.57 Å². The van der Waals surface area contributed by atoms with Crippen LogP contribution in [0.5, 0.6) is 0 Å². The molecule has 2 rings (SSSR count). The van der Waals surface area contributed by atoms with Crippen LogP contribution >= 0.6 is 0 Å². The lowest BCUT2D eigenvalue weighted by Crippen LogP contribution is -2.37. The maximum absolute atomic E-state index is 12.7. The Balaban J connectivity index is 2.28. The first-order chi connectivity index (χ1) is 9.96. The zero-order chi connectivity index (χ0) is 15.5. The molecule has 0 amide bonds. The van der Waals surface area contributed by atoms with Crippen molar-refractivity contribution in [2.45, 2.75) is 37.1 Å². The van der Waals surface area contributed by atoms with Crippen LogP contribution in [0.4, 0.5) is 0 Å². The Kier molecular flexibility index (Phi) is 4.99. The number of nitrogens with one attached hydrogen (secondary N) is 1. The first-order valence-electron chi connectivity index (χ1n) is 7.16. The smallest absolute Gasteiger partial charge is 0.243 e. The average molecular weight is 307 g/mol. The summed E-state index contributed by atoms with van der Waals surface area (Å²) in [6, 6.07) is 6.76. The van der Waals surface area contributed by atoms with Crippen LogP contribution in [-0.4, -0.2) is 38.9 Å². The Hall–Kier alpha value is -1.42. The molecule has 0 radical (unpaired) electrons. The van der Waals surface area contributed by atoms with Gasteiger partial charge in [0, 0.05) is 13.1 Å². The van der Waals surface area contributed by atoms with E-state index in [0.717, 1.165) is 32.4 Å². The highest BCUT2D eigenvalue weighted by molar-refractivity contribution is 7.89. The number of benzene rings is 1. The molecule has 0 bridgehead atoms. The Morgan fingerprint density at radius 3 is 2.76 bits per heavy atom. The maximum atomic E-state index is 12.7. The molecule has 0 spiro atoms. The Morgan fingerprint density at radius 2 is 2.10 bits per heavy atom. The zero-order valence-electron chi connectivity index (χ0n) is 12.5. The van der Waals surface area contributed by atoms with Crippen LogP contribution in [0.1, 0.15) is 30.4 Å². The summed E-state index contributed by atoms with van der Waals surface area (Å²) in [6.45, 7) is 3.55. The van der Waals surface area contributed by atoms with Crippen LogP contribution < -0.4 is 5.32 Å². The van der Waals surface area contributed by atoms with E-state index in [1.54, 1.807) is 26.1 Å². The molecule has 1 atom stereocenters. The van der Waals surface area contributed by atoms with Crippen molar-refractivity contribution in [2.24, 2.45) is 0 Å². The molecule has 1 aromatic rings. The number of sulfonamides is 1. The molecule has 0 aliphatic carbocycles. The Morgan fingerprint density at radius 1 is 1.33 bits per heavy atom. The number of hydrogen-bond acceptors (Lipinski definition) is 4. The van der Waals surface area contributed by atoms with Crippen molar-refractivity contribution in [3.05, 3.63) is 29.3 Å². The van der Waals surface area contributed by atoms with E-state index in [2.05, 4.69) is 11.4 Å². The third-order valence-corrected chi connectivity index (χ3v) is 5.96. The van der Waals surface area contributed by atoms with Crippen LogP contribution in [0.3, 0.4) is 0 Å². The van der Waals surface area contributed by atoms with Crippen LogP contribution in [-0.2, 0) is 10.0 Å². The van der Waals surface area contributed by atoms with Gasteiger partial charge in [0.1, 0.15) is 0 Å². The van der Waals surface area contributed by atoms with Crippen LogP contribution in [0, 0.1) is 18.3 Å². The highest BCUT2D eigenvalue weighted by atomic mass is 32.2. The molecule has 1 aliphatic rings. The van der Waals surface area contributed by atoms with E-state index in [1.165, 1.54) is 10.4 Å². The minimum Gasteiger partial charge on any atom is -0.317 e. The SMILES string of the molecule is Cc1cc(S(=O)(=O)N(C)C2CCCNCC2)ccc1C#N. The molecule has 1 aliphatic heterocycles. The second kappa shape index (κ2) is 6.56. The van der Waals surface area contributed by atoms with E-state index in [-0.39, 0.29) is 10.9 Å². The molecular weight excluding hydrogens is 286 g/mol. The van der Waals surface area contributed by atoms with Gasteiger partial charge in [0.05, 0.1) is 16.5 Å². The quantitative estimate of drug-likeness (QED) is 0.921. The summed E-state index contributed by atoms with van der Waals surface area (Å²) in [5, 5.41) is 12.2. The largest absolute Gasteiger partial charge is 0.317 e. The number of aryl methyl sites for hydroxylation is 1. The molecule has 1 N–H and O–H groups in total. The second-order valence-electron chi connectivity index (χ2n) is 5.44. The van der Waals surface area contributed by atoms with Crippen molar-refractivity contribution in [3.63, 3.8) is 0 Å². The highest BCUT2D eigenvalue weighted by Gasteiger charge is 2.28. The van der Waals surface area contributed by atoms with Crippen molar-refractivity contribution < 1.29 is 8.42 Å². The van der Waals surface area contributed by atoms with Gasteiger partial charge in [-0.05, 0) is 63.0 Å². The van der Waals surface area contributed by atoms with Crippen molar-refractivity contribution >= 4 is 10.0 Å². The maximum Gasteiger partial charge on any atom is 0.243 e. The van der Waals surface area contributed by atoms with E-state index >= 15 is 0 Å². The molecular formula is C15H21N3O2S. The molecule has 0 saturated carbocycles. The second-order valence-corrected chi connectivity index (χ2v) is 7.44. The summed E-state index contributed by atoms with van der Waals surface area (Å²) in [5.74, 6) is 0. The number of hydrogen-bond donors (Lipinski definition) is 1. The lowest BCUT2D eigenvalue weighted by molar-refractivity contribution is 0.341. The van der Waals surface area contributed by atoms with Crippen LogP contribution in [0.2, 0.25) is 0 Å². The number of rotatable bonds is 3. The minimum atomic E-state index is -3.51. The fourth-order valence-corrected chi connectivity index (χ4v) is 4.15. The van der Waals surface area contributed by atoms with Gasteiger partial charge in [0.15, 0.2) is 0 Å². The summed E-state index contributed by atoms with van der Waals surface area (Å²) in [6.07, 6.45) is 2.68. The van der Waals surface area contributed by atoms with Gasteiger partial charge in [0.2, 0.25) is 10.0 Å². The zero-order valence-corrected chi connectivity index (χ0v) is 13.3. The molecule has 6 heteroatoms. The summed E-state index contributed by atoms with van der Waals surface area (Å²) in [5.41, 5.74) is 1.20. The first kappa shape index (κ1) is 16.0. The van der Waals surface area contributed by atoms with E-state index in [4.69, 9.17) is 5.26 Å². The molecule has 114 valence electrons. The van der Waals surface area contributed by atoms with E-state index in [9.17, 15) is 8.42 Å². The van der Waals surface area contributed by atoms with Gasteiger partial charge in [0.25, 0.3) is 0 Å². The topological polar surface area (TPSA) is 73.2 Å². The highest BCUT2D eigenvalue weighted by Crippen LogP contribution is 2.23. The van der Waals surface area contributed by atoms with Gasteiger partial charge < -0.3 is 5.32 Å². The standard InChI is InChI=1S/C15H21N3O2S/c1-12-10-15(6-5-13(12)11-16)21(19,20)18(2)14-4-3-8-17-9-7-14/h5-6,10,14,17H,3-4,7-9H2,1-2H3. The normalized spacial score (nSPS) is 20.0. The fraction of sp³-hybridized carbons (Fsp3) is 0.533. The molecule has 21 heavy (non-hydrogen) atoms. The summed E-state index contributed by atoms with van der Waals surface area (Å²) >= 11 is 0. The molecule has 1 fully saturated rings. The summed E-state index contributed by atoms with van der Waals surface area (Å²) in [4.78, 5) is 0.263. The fourth-order valence-electron chi connectivity index (χ4n) is 2.65. The lowest BCUT2D eigenvalue weighted by Gasteiger charge is -2.26. The third kappa shape index (κ3) is 3.43. The number of nitriles is 1. The predicted molar refractivity (Wildman–Crippen MR) is 81.4 cm³/mol. The average Bonchev–Trinajstić information content (AvgIpc) is 2.75. The van der Waals surface area contributed by atoms with Gasteiger partial charge in [-0.3, -0.25) is 0 Å². The van der Waals surface area contributed by atoms with E-state index in [0.29, 0.717) is 11.1 Å². The van der Waals surface area contributed by atoms with Crippen LogP contribution in [0.15, 0.2) is 23.1 Å². The molecule has 0 aromatic heterocycles. The number of nitrogens with zero attached hydrogens (tertiary/aromatic N) is 2. The van der Waals surface area contributed by atoms with Gasteiger partial charge in [-0.25, -0.2) is 8.42 Å². The van der Waals surface area contributed by atoms with E-state index < -0.39 is 10.0 Å². The monoisotopic (exact) mass is 307 g/mol. The summed E-state index contributed by atoms with van der Waals surface area (Å²) in [7, 11) is -1.85. The predicted octanol–water partition coefficient (Wildman–Crippen LogP) is 1.63. The lowest BCUT2D eigenvalue weighted by atomic mass is 10.1. The van der Waals surface area contributed by atoms with Crippen molar-refractivity contribution in [2.75, 3.05) is 20.1 Å². The molecule has 1 saturated heterocycles. The van der Waals surface area contributed by atoms with Gasteiger partial charge in [-0.1, -0.05) is 0 Å². The van der Waals surface area contributed by atoms with Gasteiger partial charge >= 0.3 is 0 Å². The van der Waals surface area contributed by atoms with Crippen molar-refractivity contribution in [1.82, 2.24) is 9.62 Å². The molecule has 1 unspecified atom stereocenters. The molecule has 5 nitrogen and oxygen atoms in total. The molecule has 1 heterocycles. The summed E-state index contributed by atoms with van der Waals surface area (Å²) < 4.78 is 26.9. The first-order valence-corrected chi connectivity index (χ1v) is 8.60. The molecule has 1 aromatic carbocycles. The van der Waals surface area contributed by atoms with Gasteiger partial charge in [-0.15, -0.1) is 0 Å². The minimum absolute atomic E-state index is 0.0287.